The van der Waals surface area contributed by atoms with E-state index >= 15 is 0 Å². The minimum atomic E-state index is 0.00831. The number of halogens is 2. The number of nitrogens with zero attached hydrogens (tertiary/aromatic N) is 2. The molecular formula is C22H24Cl2N2O3. The van der Waals surface area contributed by atoms with E-state index < -0.39 is 0 Å². The van der Waals surface area contributed by atoms with Crippen LogP contribution in [-0.2, 0) is 11.3 Å². The van der Waals surface area contributed by atoms with Crippen LogP contribution in [0.5, 0.6) is 11.5 Å². The molecule has 1 amide bonds. The molecule has 1 heterocycles. The fraction of sp³-hybridized carbons (Fsp3) is 0.318. The predicted molar refractivity (Wildman–Crippen MR) is 117 cm³/mol. The number of hydrogen-bond donors (Lipinski definition) is 0. The molecule has 5 nitrogen and oxygen atoms in total. The third kappa shape index (κ3) is 5.66. The minimum Gasteiger partial charge on any atom is -0.493 e. The van der Waals surface area contributed by atoms with Crippen LogP contribution in [0.15, 0.2) is 42.5 Å². The smallest absolute Gasteiger partial charge is 0.246 e. The summed E-state index contributed by atoms with van der Waals surface area (Å²) in [6.45, 7) is 3.81. The number of hydrogen-bond acceptors (Lipinski definition) is 4. The molecule has 29 heavy (non-hydrogen) atoms. The second kappa shape index (κ2) is 10.0. The highest BCUT2D eigenvalue weighted by Crippen LogP contribution is 2.28. The Morgan fingerprint density at radius 1 is 0.966 bits per heavy atom. The van der Waals surface area contributed by atoms with Crippen molar-refractivity contribution in [1.29, 1.82) is 0 Å². The lowest BCUT2D eigenvalue weighted by Crippen LogP contribution is -2.47. The Hall–Kier alpha value is -2.21. The van der Waals surface area contributed by atoms with E-state index in [2.05, 4.69) is 4.90 Å². The Kier molecular flexibility index (Phi) is 7.42. The maximum atomic E-state index is 12.5. The minimum absolute atomic E-state index is 0.00831. The van der Waals surface area contributed by atoms with Crippen molar-refractivity contribution in [3.8, 4) is 11.5 Å². The zero-order valence-corrected chi connectivity index (χ0v) is 18.0. The molecule has 0 bridgehead atoms. The molecular weight excluding hydrogens is 411 g/mol. The van der Waals surface area contributed by atoms with E-state index in [1.165, 1.54) is 0 Å². The summed E-state index contributed by atoms with van der Waals surface area (Å²) in [5, 5.41) is 1.13. The Labute approximate surface area is 181 Å². The summed E-state index contributed by atoms with van der Waals surface area (Å²) in [5.74, 6) is 1.31. The summed E-state index contributed by atoms with van der Waals surface area (Å²) >= 11 is 12.1. The van der Waals surface area contributed by atoms with Crippen molar-refractivity contribution >= 4 is 35.2 Å². The highest BCUT2D eigenvalue weighted by atomic mass is 35.5. The zero-order valence-electron chi connectivity index (χ0n) is 16.5. The number of carbonyl (C=O) groups excluding carboxylic acids is 1. The van der Waals surface area contributed by atoms with Gasteiger partial charge in [-0.05, 0) is 41.5 Å². The van der Waals surface area contributed by atoms with Gasteiger partial charge in [-0.25, -0.2) is 0 Å². The monoisotopic (exact) mass is 434 g/mol. The molecule has 1 aliphatic rings. The van der Waals surface area contributed by atoms with E-state index in [1.54, 1.807) is 26.4 Å². The molecule has 154 valence electrons. The van der Waals surface area contributed by atoms with Gasteiger partial charge >= 0.3 is 0 Å². The van der Waals surface area contributed by atoms with Crippen LogP contribution in [0.3, 0.4) is 0 Å². The van der Waals surface area contributed by atoms with Gasteiger partial charge in [-0.2, -0.15) is 0 Å². The largest absolute Gasteiger partial charge is 0.493 e. The number of methoxy groups -OCH3 is 2. The van der Waals surface area contributed by atoms with Crippen molar-refractivity contribution in [2.45, 2.75) is 6.54 Å². The third-order valence-corrected chi connectivity index (χ3v) is 5.64. The maximum Gasteiger partial charge on any atom is 0.246 e. The molecule has 7 heteroatoms. The molecule has 0 atom stereocenters. The summed E-state index contributed by atoms with van der Waals surface area (Å²) in [4.78, 5) is 16.7. The molecule has 0 aromatic heterocycles. The van der Waals surface area contributed by atoms with Crippen LogP contribution in [0, 0.1) is 0 Å². The van der Waals surface area contributed by atoms with E-state index in [4.69, 9.17) is 32.7 Å². The maximum absolute atomic E-state index is 12.5. The van der Waals surface area contributed by atoms with Gasteiger partial charge in [-0.1, -0.05) is 35.3 Å². The SMILES string of the molecule is COc1ccc(/C=C/C(=O)N2CCN(Cc3ccc(Cl)c(Cl)c3)CC2)cc1OC. The predicted octanol–water partition coefficient (Wildman–Crippen LogP) is 4.37. The Balaban J connectivity index is 1.53. The number of rotatable bonds is 6. The number of carbonyl (C=O) groups is 1. The molecule has 1 saturated heterocycles. The van der Waals surface area contributed by atoms with Crippen molar-refractivity contribution in [2.75, 3.05) is 40.4 Å². The van der Waals surface area contributed by atoms with Gasteiger partial charge in [-0.3, -0.25) is 9.69 Å². The first kappa shape index (κ1) is 21.5. The van der Waals surface area contributed by atoms with Gasteiger partial charge in [0.15, 0.2) is 11.5 Å². The van der Waals surface area contributed by atoms with Crippen molar-refractivity contribution in [2.24, 2.45) is 0 Å². The molecule has 1 fully saturated rings. The number of piperazine rings is 1. The molecule has 2 aromatic rings. The first-order valence-electron chi connectivity index (χ1n) is 9.35. The average Bonchev–Trinajstić information content (AvgIpc) is 2.75. The quantitative estimate of drug-likeness (QED) is 0.633. The Morgan fingerprint density at radius 3 is 2.34 bits per heavy atom. The normalized spacial score (nSPS) is 15.0. The highest BCUT2D eigenvalue weighted by molar-refractivity contribution is 6.42. The fourth-order valence-electron chi connectivity index (χ4n) is 3.25. The van der Waals surface area contributed by atoms with Crippen molar-refractivity contribution < 1.29 is 14.3 Å². The van der Waals surface area contributed by atoms with Crippen LogP contribution in [-0.4, -0.2) is 56.1 Å². The van der Waals surface area contributed by atoms with Gasteiger partial charge in [-0.15, -0.1) is 0 Å². The molecule has 3 rings (SSSR count). The van der Waals surface area contributed by atoms with Crippen molar-refractivity contribution in [3.63, 3.8) is 0 Å². The van der Waals surface area contributed by atoms with Gasteiger partial charge in [0.1, 0.15) is 0 Å². The van der Waals surface area contributed by atoms with E-state index in [9.17, 15) is 4.79 Å². The van der Waals surface area contributed by atoms with Gasteiger partial charge in [0, 0.05) is 38.8 Å². The summed E-state index contributed by atoms with van der Waals surface area (Å²) in [5.41, 5.74) is 2.00. The zero-order chi connectivity index (χ0) is 20.8. The number of amides is 1. The average molecular weight is 435 g/mol. The molecule has 0 spiro atoms. The Morgan fingerprint density at radius 2 is 1.69 bits per heavy atom. The van der Waals surface area contributed by atoms with Crippen LogP contribution in [0.1, 0.15) is 11.1 Å². The Bertz CT molecular complexity index is 894. The van der Waals surface area contributed by atoms with Crippen molar-refractivity contribution in [1.82, 2.24) is 9.80 Å². The summed E-state index contributed by atoms with van der Waals surface area (Å²) in [6.07, 6.45) is 3.41. The second-order valence-electron chi connectivity index (χ2n) is 6.80. The lowest BCUT2D eigenvalue weighted by Gasteiger charge is -2.34. The topological polar surface area (TPSA) is 42.0 Å². The molecule has 0 N–H and O–H groups in total. The summed E-state index contributed by atoms with van der Waals surface area (Å²) < 4.78 is 10.5. The van der Waals surface area contributed by atoms with Crippen LogP contribution < -0.4 is 9.47 Å². The molecule has 2 aromatic carbocycles. The second-order valence-corrected chi connectivity index (χ2v) is 7.61. The van der Waals surface area contributed by atoms with Gasteiger partial charge in [0.25, 0.3) is 0 Å². The standard InChI is InChI=1S/C22H24Cl2N2O3/c1-28-20-7-4-16(14-21(20)29-2)5-8-22(27)26-11-9-25(10-12-26)15-17-3-6-18(23)19(24)13-17/h3-8,13-14H,9-12,15H2,1-2H3/b8-5+. The lowest BCUT2D eigenvalue weighted by atomic mass is 10.1. The molecule has 0 saturated carbocycles. The first-order chi connectivity index (χ1) is 14.0. The fourth-order valence-corrected chi connectivity index (χ4v) is 3.57. The van der Waals surface area contributed by atoms with Crippen molar-refractivity contribution in [3.05, 3.63) is 63.6 Å². The van der Waals surface area contributed by atoms with Crippen LogP contribution in [0.2, 0.25) is 10.0 Å². The summed E-state index contributed by atoms with van der Waals surface area (Å²) in [7, 11) is 3.19. The molecule has 0 radical (unpaired) electrons. The van der Waals surface area contributed by atoms with Gasteiger partial charge in [0.05, 0.1) is 24.3 Å². The number of ether oxygens (including phenoxy) is 2. The first-order valence-corrected chi connectivity index (χ1v) is 10.1. The van der Waals surface area contributed by atoms with Gasteiger partial charge < -0.3 is 14.4 Å². The van der Waals surface area contributed by atoms with E-state index in [-0.39, 0.29) is 5.91 Å². The van der Waals surface area contributed by atoms with E-state index in [0.29, 0.717) is 34.6 Å². The molecule has 0 aliphatic carbocycles. The number of benzene rings is 2. The van der Waals surface area contributed by atoms with E-state index in [1.807, 2.05) is 41.3 Å². The lowest BCUT2D eigenvalue weighted by molar-refractivity contribution is -0.127. The molecule has 1 aliphatic heterocycles. The van der Waals surface area contributed by atoms with Crippen LogP contribution >= 0.6 is 23.2 Å². The summed E-state index contributed by atoms with van der Waals surface area (Å²) in [6, 6.07) is 11.3. The highest BCUT2D eigenvalue weighted by Gasteiger charge is 2.19. The third-order valence-electron chi connectivity index (χ3n) is 4.90. The van der Waals surface area contributed by atoms with Crippen LogP contribution in [0.4, 0.5) is 0 Å². The molecule has 0 unspecified atom stereocenters. The van der Waals surface area contributed by atoms with Crippen LogP contribution in [0.25, 0.3) is 6.08 Å². The van der Waals surface area contributed by atoms with Gasteiger partial charge in [0.2, 0.25) is 5.91 Å². The van der Waals surface area contributed by atoms with E-state index in [0.717, 1.165) is 30.8 Å².